The summed E-state index contributed by atoms with van der Waals surface area (Å²) < 4.78 is 14.9. The molecule has 1 aromatic heterocycles. The Morgan fingerprint density at radius 2 is 2.42 bits per heavy atom. The second-order valence-corrected chi connectivity index (χ2v) is 4.06. The van der Waals surface area contributed by atoms with E-state index in [0.29, 0.717) is 13.2 Å². The number of amides is 1. The van der Waals surface area contributed by atoms with Crippen molar-refractivity contribution in [1.29, 1.82) is 0 Å². The van der Waals surface area contributed by atoms with Crippen LogP contribution >= 0.6 is 0 Å². The first-order valence-corrected chi connectivity index (χ1v) is 5.73. The van der Waals surface area contributed by atoms with Crippen LogP contribution < -0.4 is 4.74 Å². The molecule has 0 bridgehead atoms. The maximum atomic E-state index is 12.2. The predicted molar refractivity (Wildman–Crippen MR) is 61.0 cm³/mol. The Hall–Kier alpha value is -2.09. The third-order valence-corrected chi connectivity index (χ3v) is 2.81. The van der Waals surface area contributed by atoms with Gasteiger partial charge in [-0.15, -0.1) is 0 Å². The van der Waals surface area contributed by atoms with Crippen LogP contribution in [0.4, 0.5) is 0 Å². The van der Waals surface area contributed by atoms with Gasteiger partial charge in [0, 0.05) is 6.54 Å². The average molecular weight is 270 g/mol. The van der Waals surface area contributed by atoms with Crippen molar-refractivity contribution >= 4 is 11.9 Å². The van der Waals surface area contributed by atoms with E-state index in [9.17, 15) is 9.59 Å². The van der Waals surface area contributed by atoms with Crippen molar-refractivity contribution in [2.45, 2.75) is 12.5 Å². The lowest BCUT2D eigenvalue weighted by molar-refractivity contribution is -0.139. The third kappa shape index (κ3) is 3.02. The molecule has 104 valence electrons. The lowest BCUT2D eigenvalue weighted by Gasteiger charge is -2.33. The van der Waals surface area contributed by atoms with Gasteiger partial charge >= 0.3 is 5.97 Å². The summed E-state index contributed by atoms with van der Waals surface area (Å²) in [5.41, 5.74) is 0. The Morgan fingerprint density at radius 1 is 1.63 bits per heavy atom. The summed E-state index contributed by atoms with van der Waals surface area (Å²) in [4.78, 5) is 24.4. The molecule has 1 aromatic rings. The number of hydrogen-bond acceptors (Lipinski definition) is 6. The molecule has 0 radical (unpaired) electrons. The monoisotopic (exact) mass is 270 g/mol. The summed E-state index contributed by atoms with van der Waals surface area (Å²) in [5, 5.41) is 12.4. The van der Waals surface area contributed by atoms with E-state index in [1.165, 1.54) is 18.1 Å². The van der Waals surface area contributed by atoms with Gasteiger partial charge in [0.15, 0.2) is 0 Å². The van der Waals surface area contributed by atoms with Gasteiger partial charge in [-0.3, -0.25) is 9.59 Å². The van der Waals surface area contributed by atoms with Crippen LogP contribution in [-0.4, -0.2) is 59.9 Å². The zero-order valence-electron chi connectivity index (χ0n) is 10.4. The molecular weight excluding hydrogens is 256 g/mol. The largest absolute Gasteiger partial charge is 0.481 e. The van der Waals surface area contributed by atoms with E-state index in [1.807, 2.05) is 0 Å². The molecule has 0 aliphatic carbocycles. The summed E-state index contributed by atoms with van der Waals surface area (Å²) in [6.07, 6.45) is -0.170. The molecule has 1 atom stereocenters. The Kier molecular flexibility index (Phi) is 4.00. The molecule has 8 nitrogen and oxygen atoms in total. The number of aliphatic carboxylic acids is 1. The first kappa shape index (κ1) is 13.3. The summed E-state index contributed by atoms with van der Waals surface area (Å²) in [6, 6.07) is 0.866. The zero-order chi connectivity index (χ0) is 13.8. The van der Waals surface area contributed by atoms with Crippen LogP contribution in [0.15, 0.2) is 10.6 Å². The fraction of sp³-hybridized carbons (Fsp3) is 0.545. The third-order valence-electron chi connectivity index (χ3n) is 2.81. The van der Waals surface area contributed by atoms with E-state index in [4.69, 9.17) is 19.1 Å². The van der Waals surface area contributed by atoms with Gasteiger partial charge in [0.25, 0.3) is 11.8 Å². The lowest BCUT2D eigenvalue weighted by Crippen LogP contribution is -2.49. The maximum Gasteiger partial charge on any atom is 0.305 e. The van der Waals surface area contributed by atoms with E-state index in [-0.39, 0.29) is 24.7 Å². The molecule has 0 spiro atoms. The van der Waals surface area contributed by atoms with E-state index in [2.05, 4.69) is 5.16 Å². The number of aromatic nitrogens is 1. The van der Waals surface area contributed by atoms with Gasteiger partial charge in [-0.2, -0.15) is 0 Å². The molecule has 2 rings (SSSR count). The standard InChI is InChI=1S/C11H14N2O6/c1-17-9-5-8(19-12-9)11(16)13-2-3-18-6-7(13)4-10(14)15/h5,7H,2-4,6H2,1H3,(H,14,15). The van der Waals surface area contributed by atoms with Crippen molar-refractivity contribution in [2.24, 2.45) is 0 Å². The highest BCUT2D eigenvalue weighted by Gasteiger charge is 2.31. The second-order valence-electron chi connectivity index (χ2n) is 4.06. The Balaban J connectivity index is 2.12. The molecule has 1 aliphatic rings. The molecule has 1 unspecified atom stereocenters. The number of carbonyl (C=O) groups excluding carboxylic acids is 1. The molecule has 1 N–H and O–H groups in total. The topological polar surface area (TPSA) is 102 Å². The first-order valence-electron chi connectivity index (χ1n) is 5.73. The number of carboxylic acid groups (broad SMARTS) is 1. The molecule has 0 aromatic carbocycles. The van der Waals surface area contributed by atoms with E-state index in [0.717, 1.165) is 0 Å². The van der Waals surface area contributed by atoms with Gasteiger partial charge < -0.3 is 24.0 Å². The van der Waals surface area contributed by atoms with Gasteiger partial charge in [0.2, 0.25) is 5.76 Å². The van der Waals surface area contributed by atoms with Gasteiger partial charge in [0.1, 0.15) is 0 Å². The highest BCUT2D eigenvalue weighted by molar-refractivity contribution is 5.92. The number of carboxylic acids is 1. The van der Waals surface area contributed by atoms with Gasteiger partial charge in [-0.25, -0.2) is 0 Å². The minimum atomic E-state index is -0.983. The lowest BCUT2D eigenvalue weighted by atomic mass is 10.1. The molecular formula is C11H14N2O6. The summed E-state index contributed by atoms with van der Waals surface area (Å²) in [7, 11) is 1.41. The zero-order valence-corrected chi connectivity index (χ0v) is 10.4. The highest BCUT2D eigenvalue weighted by atomic mass is 16.5. The molecule has 1 aliphatic heterocycles. The number of methoxy groups -OCH3 is 1. The Morgan fingerprint density at radius 3 is 3.05 bits per heavy atom. The summed E-state index contributed by atoms with van der Waals surface area (Å²) in [6.45, 7) is 0.885. The van der Waals surface area contributed by atoms with Gasteiger partial charge in [0.05, 0.1) is 38.9 Å². The van der Waals surface area contributed by atoms with Gasteiger partial charge in [-0.1, -0.05) is 0 Å². The van der Waals surface area contributed by atoms with Crippen molar-refractivity contribution in [3.05, 3.63) is 11.8 Å². The molecule has 1 fully saturated rings. The molecule has 19 heavy (non-hydrogen) atoms. The van der Waals surface area contributed by atoms with Crippen LogP contribution in [0.2, 0.25) is 0 Å². The van der Waals surface area contributed by atoms with E-state index in [1.54, 1.807) is 0 Å². The minimum absolute atomic E-state index is 0.0224. The Labute approximate surface area is 108 Å². The predicted octanol–water partition coefficient (Wildman–Crippen LogP) is -0.00110. The Bertz CT molecular complexity index is 472. The smallest absolute Gasteiger partial charge is 0.305 e. The van der Waals surface area contributed by atoms with Crippen LogP contribution in [0.5, 0.6) is 5.88 Å². The van der Waals surface area contributed by atoms with Crippen LogP contribution in [-0.2, 0) is 9.53 Å². The number of hydrogen-bond donors (Lipinski definition) is 1. The second kappa shape index (κ2) is 5.70. The normalized spacial score (nSPS) is 19.2. The summed E-state index contributed by atoms with van der Waals surface area (Å²) >= 11 is 0. The number of rotatable bonds is 4. The molecule has 0 saturated carbocycles. The minimum Gasteiger partial charge on any atom is -0.481 e. The van der Waals surface area contributed by atoms with E-state index >= 15 is 0 Å². The number of nitrogens with zero attached hydrogens (tertiary/aromatic N) is 2. The van der Waals surface area contributed by atoms with Crippen molar-refractivity contribution in [1.82, 2.24) is 10.1 Å². The van der Waals surface area contributed by atoms with Crippen LogP contribution in [0.1, 0.15) is 17.0 Å². The molecule has 1 amide bonds. The maximum absolute atomic E-state index is 12.2. The fourth-order valence-electron chi connectivity index (χ4n) is 1.89. The average Bonchev–Trinajstić information content (AvgIpc) is 2.86. The number of morpholine rings is 1. The molecule has 2 heterocycles. The van der Waals surface area contributed by atoms with Crippen LogP contribution in [0, 0.1) is 0 Å². The first-order chi connectivity index (χ1) is 9.11. The van der Waals surface area contributed by atoms with Gasteiger partial charge in [-0.05, 0) is 5.16 Å². The van der Waals surface area contributed by atoms with Crippen molar-refractivity contribution in [3.63, 3.8) is 0 Å². The summed E-state index contributed by atoms with van der Waals surface area (Å²) in [5.74, 6) is -1.17. The molecule has 8 heteroatoms. The van der Waals surface area contributed by atoms with E-state index < -0.39 is 17.9 Å². The number of ether oxygens (including phenoxy) is 2. The number of carbonyl (C=O) groups is 2. The van der Waals surface area contributed by atoms with Crippen molar-refractivity contribution < 1.29 is 28.7 Å². The van der Waals surface area contributed by atoms with Crippen LogP contribution in [0.3, 0.4) is 0 Å². The van der Waals surface area contributed by atoms with Crippen molar-refractivity contribution in [2.75, 3.05) is 26.9 Å². The van der Waals surface area contributed by atoms with Crippen LogP contribution in [0.25, 0.3) is 0 Å². The highest BCUT2D eigenvalue weighted by Crippen LogP contribution is 2.18. The SMILES string of the molecule is COc1cc(C(=O)N2CCOCC2CC(=O)O)on1. The van der Waals surface area contributed by atoms with Crippen molar-refractivity contribution in [3.8, 4) is 5.88 Å². The quantitative estimate of drug-likeness (QED) is 0.821. The molecule has 1 saturated heterocycles. The fourth-order valence-corrected chi connectivity index (χ4v) is 1.89.